The molecular formula is C15H19F3N2O2. The highest BCUT2D eigenvalue weighted by atomic mass is 19.4. The number of hydrogen-bond donors (Lipinski definition) is 1. The zero-order valence-electron chi connectivity index (χ0n) is 12.1. The number of ether oxygens (including phenoxy) is 1. The Morgan fingerprint density at radius 1 is 1.41 bits per heavy atom. The third-order valence-electron chi connectivity index (χ3n) is 3.63. The lowest BCUT2D eigenvalue weighted by atomic mass is 9.94. The molecule has 0 aromatic heterocycles. The third kappa shape index (κ3) is 5.55. The summed E-state index contributed by atoms with van der Waals surface area (Å²) in [5.41, 5.74) is 5.97. The van der Waals surface area contributed by atoms with Gasteiger partial charge < -0.3 is 10.5 Å². The van der Waals surface area contributed by atoms with Crippen molar-refractivity contribution in [3.8, 4) is 5.75 Å². The van der Waals surface area contributed by atoms with E-state index in [1.165, 1.54) is 12.1 Å². The fraction of sp³-hybridized carbons (Fsp3) is 0.533. The fourth-order valence-electron chi connectivity index (χ4n) is 2.85. The van der Waals surface area contributed by atoms with Crippen LogP contribution in [0.4, 0.5) is 13.2 Å². The largest absolute Gasteiger partial charge is 0.573 e. The number of likely N-dealkylation sites (tertiary alicyclic amines) is 1. The normalized spacial score (nSPS) is 19.9. The van der Waals surface area contributed by atoms with E-state index in [9.17, 15) is 18.0 Å². The Kier molecular flexibility index (Phi) is 5.28. The molecule has 2 N–H and O–H groups in total. The number of hydrogen-bond acceptors (Lipinski definition) is 3. The molecule has 1 atom stereocenters. The first-order valence-electron chi connectivity index (χ1n) is 7.17. The van der Waals surface area contributed by atoms with Gasteiger partial charge in [0.2, 0.25) is 5.91 Å². The molecule has 2 rings (SSSR count). The Hall–Kier alpha value is -1.76. The van der Waals surface area contributed by atoms with Crippen LogP contribution in [-0.4, -0.2) is 30.3 Å². The van der Waals surface area contributed by atoms with Crippen LogP contribution in [0.1, 0.15) is 24.8 Å². The Labute approximate surface area is 127 Å². The molecule has 4 nitrogen and oxygen atoms in total. The number of alkyl halides is 3. The minimum atomic E-state index is -4.68. The highest BCUT2D eigenvalue weighted by molar-refractivity contribution is 5.74. The number of piperidine rings is 1. The summed E-state index contributed by atoms with van der Waals surface area (Å²) in [5, 5.41) is 0. The molecule has 1 aliphatic rings. The van der Waals surface area contributed by atoms with Crippen LogP contribution >= 0.6 is 0 Å². The number of primary amides is 1. The molecule has 1 heterocycles. The van der Waals surface area contributed by atoms with Gasteiger partial charge in [-0.2, -0.15) is 0 Å². The summed E-state index contributed by atoms with van der Waals surface area (Å²) in [7, 11) is 0. The first kappa shape index (κ1) is 16.6. The highest BCUT2D eigenvalue weighted by Gasteiger charge is 2.31. The van der Waals surface area contributed by atoms with Gasteiger partial charge in [0.25, 0.3) is 0 Å². The van der Waals surface area contributed by atoms with E-state index in [4.69, 9.17) is 5.73 Å². The molecule has 1 amide bonds. The molecule has 0 spiro atoms. The maximum atomic E-state index is 12.2. The van der Waals surface area contributed by atoms with Gasteiger partial charge >= 0.3 is 6.36 Å². The zero-order valence-corrected chi connectivity index (χ0v) is 12.1. The van der Waals surface area contributed by atoms with Crippen molar-refractivity contribution in [2.45, 2.75) is 32.2 Å². The summed E-state index contributed by atoms with van der Waals surface area (Å²) in [6.07, 6.45) is -2.42. The number of carbonyl (C=O) groups excluding carboxylic acids is 1. The van der Waals surface area contributed by atoms with E-state index in [0.29, 0.717) is 13.0 Å². The van der Waals surface area contributed by atoms with Crippen LogP contribution in [0, 0.1) is 5.92 Å². The molecule has 1 aromatic rings. The molecule has 0 unspecified atom stereocenters. The Morgan fingerprint density at radius 2 is 2.18 bits per heavy atom. The Bertz CT molecular complexity index is 520. The summed E-state index contributed by atoms with van der Waals surface area (Å²) in [6, 6.07) is 5.98. The van der Waals surface area contributed by atoms with E-state index in [-0.39, 0.29) is 17.6 Å². The van der Waals surface area contributed by atoms with Gasteiger partial charge in [-0.15, -0.1) is 13.2 Å². The summed E-state index contributed by atoms with van der Waals surface area (Å²) in [5.74, 6) is -0.302. The molecule has 7 heteroatoms. The molecule has 0 bridgehead atoms. The number of nitrogens with zero attached hydrogens (tertiary/aromatic N) is 1. The zero-order chi connectivity index (χ0) is 16.2. The molecule has 1 aromatic carbocycles. The van der Waals surface area contributed by atoms with Crippen LogP contribution in [-0.2, 0) is 11.3 Å². The first-order chi connectivity index (χ1) is 10.3. The lowest BCUT2D eigenvalue weighted by Crippen LogP contribution is -2.36. The molecule has 0 radical (unpaired) electrons. The maximum Gasteiger partial charge on any atom is 0.573 e. The number of carbonyl (C=O) groups is 1. The highest BCUT2D eigenvalue weighted by Crippen LogP contribution is 2.25. The Balaban J connectivity index is 1.95. The van der Waals surface area contributed by atoms with Crippen molar-refractivity contribution in [1.29, 1.82) is 0 Å². The van der Waals surface area contributed by atoms with Crippen molar-refractivity contribution in [3.05, 3.63) is 29.8 Å². The minimum Gasteiger partial charge on any atom is -0.406 e. The van der Waals surface area contributed by atoms with Gasteiger partial charge in [0.15, 0.2) is 0 Å². The van der Waals surface area contributed by atoms with Gasteiger partial charge in [-0.1, -0.05) is 12.1 Å². The second-order valence-electron chi connectivity index (χ2n) is 5.61. The van der Waals surface area contributed by atoms with Crippen molar-refractivity contribution >= 4 is 5.91 Å². The summed E-state index contributed by atoms with van der Waals surface area (Å²) in [4.78, 5) is 13.1. The predicted octanol–water partition coefficient (Wildman–Crippen LogP) is 2.67. The predicted molar refractivity (Wildman–Crippen MR) is 74.9 cm³/mol. The number of rotatable bonds is 5. The third-order valence-corrected chi connectivity index (χ3v) is 3.63. The van der Waals surface area contributed by atoms with Crippen molar-refractivity contribution in [1.82, 2.24) is 4.90 Å². The van der Waals surface area contributed by atoms with Crippen LogP contribution in [0.25, 0.3) is 0 Å². The van der Waals surface area contributed by atoms with Crippen LogP contribution in [0.2, 0.25) is 0 Å². The van der Waals surface area contributed by atoms with E-state index in [0.717, 1.165) is 31.5 Å². The van der Waals surface area contributed by atoms with Crippen LogP contribution in [0.15, 0.2) is 24.3 Å². The molecule has 122 valence electrons. The van der Waals surface area contributed by atoms with E-state index in [1.807, 2.05) is 0 Å². The average molecular weight is 316 g/mol. The summed E-state index contributed by atoms with van der Waals surface area (Å²) in [6.45, 7) is 2.12. The molecule has 1 aliphatic heterocycles. The molecular weight excluding hydrogens is 297 g/mol. The molecule has 0 aliphatic carbocycles. The van der Waals surface area contributed by atoms with Gasteiger partial charge in [0, 0.05) is 19.5 Å². The van der Waals surface area contributed by atoms with E-state index in [2.05, 4.69) is 9.64 Å². The molecule has 1 fully saturated rings. The van der Waals surface area contributed by atoms with Crippen LogP contribution in [0.3, 0.4) is 0 Å². The molecule has 0 saturated carbocycles. The minimum absolute atomic E-state index is 0.212. The van der Waals surface area contributed by atoms with Crippen LogP contribution < -0.4 is 10.5 Å². The smallest absolute Gasteiger partial charge is 0.406 e. The number of nitrogens with two attached hydrogens (primary N) is 1. The quantitative estimate of drug-likeness (QED) is 0.908. The van der Waals surface area contributed by atoms with Crippen molar-refractivity contribution < 1.29 is 22.7 Å². The second-order valence-corrected chi connectivity index (χ2v) is 5.61. The van der Waals surface area contributed by atoms with Crippen LogP contribution in [0.5, 0.6) is 5.75 Å². The van der Waals surface area contributed by atoms with Gasteiger partial charge in [0.05, 0.1) is 0 Å². The second kappa shape index (κ2) is 7.00. The fourth-order valence-corrected chi connectivity index (χ4v) is 2.85. The van der Waals surface area contributed by atoms with Crippen molar-refractivity contribution in [3.63, 3.8) is 0 Å². The van der Waals surface area contributed by atoms with E-state index in [1.54, 1.807) is 12.1 Å². The van der Waals surface area contributed by atoms with E-state index >= 15 is 0 Å². The Morgan fingerprint density at radius 3 is 2.86 bits per heavy atom. The lowest BCUT2D eigenvalue weighted by molar-refractivity contribution is -0.274. The summed E-state index contributed by atoms with van der Waals surface area (Å²) < 4.78 is 40.6. The standard InChI is InChI=1S/C15H19F3N2O2/c16-15(17,18)22-13-5-1-3-11(7-13)9-20-6-2-4-12(10-20)8-14(19)21/h1,3,5,7,12H,2,4,6,8-10H2,(H2,19,21)/t12-/m1/s1. The van der Waals surface area contributed by atoms with Crippen molar-refractivity contribution in [2.75, 3.05) is 13.1 Å². The van der Waals surface area contributed by atoms with Gasteiger partial charge in [0.1, 0.15) is 5.75 Å². The van der Waals surface area contributed by atoms with Gasteiger partial charge in [-0.25, -0.2) is 0 Å². The van der Waals surface area contributed by atoms with Gasteiger partial charge in [-0.3, -0.25) is 9.69 Å². The van der Waals surface area contributed by atoms with Gasteiger partial charge in [-0.05, 0) is 43.0 Å². The van der Waals surface area contributed by atoms with E-state index < -0.39 is 6.36 Å². The van der Waals surface area contributed by atoms with Crippen molar-refractivity contribution in [2.24, 2.45) is 11.7 Å². The SMILES string of the molecule is NC(=O)C[C@H]1CCCN(Cc2cccc(OC(F)(F)F)c2)C1. The maximum absolute atomic E-state index is 12.2. The number of amides is 1. The average Bonchev–Trinajstić information content (AvgIpc) is 2.36. The number of halogens is 3. The lowest BCUT2D eigenvalue weighted by Gasteiger charge is -2.32. The summed E-state index contributed by atoms with van der Waals surface area (Å²) >= 11 is 0. The topological polar surface area (TPSA) is 55.6 Å². The monoisotopic (exact) mass is 316 g/mol. The first-order valence-corrected chi connectivity index (χ1v) is 7.17. The molecule has 1 saturated heterocycles. The number of benzene rings is 1. The molecule has 22 heavy (non-hydrogen) atoms.